The molecule has 0 saturated heterocycles. The van der Waals surface area contributed by atoms with E-state index in [4.69, 9.17) is 10.5 Å². The van der Waals surface area contributed by atoms with Crippen LogP contribution in [0.4, 0.5) is 11.4 Å². The molecule has 0 bridgehead atoms. The summed E-state index contributed by atoms with van der Waals surface area (Å²) in [5.41, 5.74) is 8.29. The third kappa shape index (κ3) is 2.76. The smallest absolute Gasteiger partial charge is 0.0710 e. The van der Waals surface area contributed by atoms with Gasteiger partial charge >= 0.3 is 0 Å². The SMILES string of the molecule is COC(CN)CCN1CCN(C)c2ccccc21. The average molecular weight is 249 g/mol. The zero-order valence-corrected chi connectivity index (χ0v) is 11.3. The van der Waals surface area contributed by atoms with Crippen molar-refractivity contribution in [2.24, 2.45) is 5.73 Å². The van der Waals surface area contributed by atoms with E-state index in [2.05, 4.69) is 41.1 Å². The van der Waals surface area contributed by atoms with Gasteiger partial charge in [-0.2, -0.15) is 0 Å². The summed E-state index contributed by atoms with van der Waals surface area (Å²) in [6.45, 7) is 3.72. The number of likely N-dealkylation sites (N-methyl/N-ethyl adjacent to an activating group) is 1. The maximum atomic E-state index is 5.66. The first-order chi connectivity index (χ1) is 8.76. The fourth-order valence-electron chi connectivity index (χ4n) is 2.43. The molecule has 0 aliphatic carbocycles. The lowest BCUT2D eigenvalue weighted by molar-refractivity contribution is 0.104. The van der Waals surface area contributed by atoms with Crippen molar-refractivity contribution in [2.75, 3.05) is 50.1 Å². The quantitative estimate of drug-likeness (QED) is 0.854. The highest BCUT2D eigenvalue weighted by molar-refractivity contribution is 5.72. The second-order valence-electron chi connectivity index (χ2n) is 4.78. The van der Waals surface area contributed by atoms with E-state index in [1.165, 1.54) is 11.4 Å². The van der Waals surface area contributed by atoms with Crippen molar-refractivity contribution in [1.82, 2.24) is 0 Å². The van der Waals surface area contributed by atoms with Crippen molar-refractivity contribution >= 4 is 11.4 Å². The van der Waals surface area contributed by atoms with Gasteiger partial charge in [-0.15, -0.1) is 0 Å². The van der Waals surface area contributed by atoms with Crippen LogP contribution in [0.25, 0.3) is 0 Å². The highest BCUT2D eigenvalue weighted by Gasteiger charge is 2.20. The molecule has 1 aliphatic heterocycles. The third-order valence-corrected chi connectivity index (χ3v) is 3.66. The Morgan fingerprint density at radius 1 is 1.28 bits per heavy atom. The lowest BCUT2D eigenvalue weighted by Gasteiger charge is -2.37. The summed E-state index contributed by atoms with van der Waals surface area (Å²) in [6, 6.07) is 8.56. The van der Waals surface area contributed by atoms with E-state index in [-0.39, 0.29) is 6.10 Å². The molecule has 0 saturated carbocycles. The van der Waals surface area contributed by atoms with Crippen LogP contribution in [0, 0.1) is 0 Å². The van der Waals surface area contributed by atoms with Gasteiger partial charge in [-0.1, -0.05) is 12.1 Å². The van der Waals surface area contributed by atoms with Gasteiger partial charge in [0.05, 0.1) is 17.5 Å². The van der Waals surface area contributed by atoms with E-state index in [1.54, 1.807) is 7.11 Å². The summed E-state index contributed by atoms with van der Waals surface area (Å²) in [4.78, 5) is 4.74. The summed E-state index contributed by atoms with van der Waals surface area (Å²) in [5, 5.41) is 0. The summed E-state index contributed by atoms with van der Waals surface area (Å²) in [7, 11) is 3.88. The summed E-state index contributed by atoms with van der Waals surface area (Å²) in [6.07, 6.45) is 1.14. The Kier molecular flexibility index (Phi) is 4.44. The fraction of sp³-hybridized carbons (Fsp3) is 0.571. The minimum absolute atomic E-state index is 0.164. The number of anilines is 2. The van der Waals surface area contributed by atoms with Crippen LogP contribution in [0.2, 0.25) is 0 Å². The molecule has 18 heavy (non-hydrogen) atoms. The van der Waals surface area contributed by atoms with E-state index in [1.807, 2.05) is 0 Å². The Balaban J connectivity index is 2.05. The fourth-order valence-corrected chi connectivity index (χ4v) is 2.43. The van der Waals surface area contributed by atoms with Crippen molar-refractivity contribution in [2.45, 2.75) is 12.5 Å². The first kappa shape index (κ1) is 13.2. The topological polar surface area (TPSA) is 41.7 Å². The zero-order valence-electron chi connectivity index (χ0n) is 11.3. The van der Waals surface area contributed by atoms with Gasteiger partial charge in [-0.3, -0.25) is 0 Å². The minimum Gasteiger partial charge on any atom is -0.380 e. The molecule has 4 heteroatoms. The largest absolute Gasteiger partial charge is 0.380 e. The van der Waals surface area contributed by atoms with Crippen LogP contribution >= 0.6 is 0 Å². The van der Waals surface area contributed by atoms with E-state index in [0.29, 0.717) is 6.54 Å². The molecule has 0 radical (unpaired) electrons. The zero-order chi connectivity index (χ0) is 13.0. The molecule has 0 aromatic heterocycles. The van der Waals surface area contributed by atoms with Crippen molar-refractivity contribution < 1.29 is 4.74 Å². The molecule has 2 rings (SSSR count). The molecule has 1 heterocycles. The van der Waals surface area contributed by atoms with E-state index in [0.717, 1.165) is 26.1 Å². The molecule has 1 atom stereocenters. The lowest BCUT2D eigenvalue weighted by Crippen LogP contribution is -2.41. The Morgan fingerprint density at radius 3 is 2.67 bits per heavy atom. The molecule has 0 fully saturated rings. The van der Waals surface area contributed by atoms with Crippen molar-refractivity contribution in [3.8, 4) is 0 Å². The molecule has 0 spiro atoms. The number of benzene rings is 1. The minimum atomic E-state index is 0.164. The summed E-state index contributed by atoms with van der Waals surface area (Å²) in [5.74, 6) is 0. The molecular formula is C14H23N3O. The van der Waals surface area contributed by atoms with Crippen molar-refractivity contribution in [3.63, 3.8) is 0 Å². The first-order valence-corrected chi connectivity index (χ1v) is 6.54. The van der Waals surface area contributed by atoms with Gasteiger partial charge in [-0.05, 0) is 18.6 Å². The number of methoxy groups -OCH3 is 1. The van der Waals surface area contributed by atoms with Crippen LogP contribution in [0.3, 0.4) is 0 Å². The van der Waals surface area contributed by atoms with Gasteiger partial charge in [0.2, 0.25) is 0 Å². The second-order valence-corrected chi connectivity index (χ2v) is 4.78. The molecule has 1 aromatic carbocycles. The van der Waals surface area contributed by atoms with E-state index < -0.39 is 0 Å². The highest BCUT2D eigenvalue weighted by Crippen LogP contribution is 2.31. The van der Waals surface area contributed by atoms with Gasteiger partial charge in [0.25, 0.3) is 0 Å². The molecule has 2 N–H and O–H groups in total. The standard InChI is InChI=1S/C14H23N3O/c1-16-9-10-17(8-7-12(11-15)18-2)14-6-4-3-5-13(14)16/h3-6,12H,7-11,15H2,1-2H3. The van der Waals surface area contributed by atoms with E-state index >= 15 is 0 Å². The molecule has 4 nitrogen and oxygen atoms in total. The van der Waals surface area contributed by atoms with Crippen LogP contribution in [0.5, 0.6) is 0 Å². The van der Waals surface area contributed by atoms with E-state index in [9.17, 15) is 0 Å². The van der Waals surface area contributed by atoms with Crippen LogP contribution in [-0.2, 0) is 4.74 Å². The van der Waals surface area contributed by atoms with Crippen LogP contribution in [0.15, 0.2) is 24.3 Å². The number of hydrogen-bond donors (Lipinski definition) is 1. The monoisotopic (exact) mass is 249 g/mol. The van der Waals surface area contributed by atoms with Gasteiger partial charge in [-0.25, -0.2) is 0 Å². The highest BCUT2D eigenvalue weighted by atomic mass is 16.5. The summed E-state index contributed by atoms with van der Waals surface area (Å²) < 4.78 is 5.34. The second kappa shape index (κ2) is 6.07. The van der Waals surface area contributed by atoms with Gasteiger partial charge < -0.3 is 20.3 Å². The number of ether oxygens (including phenoxy) is 1. The number of nitrogens with two attached hydrogens (primary N) is 1. The van der Waals surface area contributed by atoms with Crippen molar-refractivity contribution in [1.29, 1.82) is 0 Å². The number of nitrogens with zero attached hydrogens (tertiary/aromatic N) is 2. The molecule has 1 aliphatic rings. The first-order valence-electron chi connectivity index (χ1n) is 6.54. The number of rotatable bonds is 5. The molecule has 100 valence electrons. The summed E-state index contributed by atoms with van der Waals surface area (Å²) >= 11 is 0. The molecule has 0 amide bonds. The number of para-hydroxylation sites is 2. The Hall–Kier alpha value is -1.26. The maximum Gasteiger partial charge on any atom is 0.0710 e. The van der Waals surface area contributed by atoms with Gasteiger partial charge in [0, 0.05) is 40.3 Å². The van der Waals surface area contributed by atoms with Crippen LogP contribution in [0.1, 0.15) is 6.42 Å². The normalized spacial score (nSPS) is 16.6. The van der Waals surface area contributed by atoms with Gasteiger partial charge in [0.1, 0.15) is 0 Å². The van der Waals surface area contributed by atoms with Crippen molar-refractivity contribution in [3.05, 3.63) is 24.3 Å². The maximum absolute atomic E-state index is 5.66. The average Bonchev–Trinajstić information content (AvgIpc) is 2.42. The number of fused-ring (bicyclic) bond motifs is 1. The lowest BCUT2D eigenvalue weighted by atomic mass is 10.1. The molecule has 1 aromatic rings. The van der Waals surface area contributed by atoms with Gasteiger partial charge in [0.15, 0.2) is 0 Å². The number of hydrogen-bond acceptors (Lipinski definition) is 4. The Labute approximate surface area is 109 Å². The van der Waals surface area contributed by atoms with Crippen LogP contribution < -0.4 is 15.5 Å². The Morgan fingerprint density at radius 2 is 2.00 bits per heavy atom. The predicted molar refractivity (Wildman–Crippen MR) is 76.4 cm³/mol. The van der Waals surface area contributed by atoms with Crippen LogP contribution in [-0.4, -0.2) is 46.4 Å². The molecule has 1 unspecified atom stereocenters. The molecular weight excluding hydrogens is 226 g/mol. The third-order valence-electron chi connectivity index (χ3n) is 3.66. The Bertz CT molecular complexity index is 379. The predicted octanol–water partition coefficient (Wildman–Crippen LogP) is 1.31.